The Morgan fingerprint density at radius 2 is 2.06 bits per heavy atom. The van der Waals surface area contributed by atoms with E-state index in [1.165, 1.54) is 28.6 Å². The zero-order valence-electron chi connectivity index (χ0n) is 18.1. The third-order valence-electron chi connectivity index (χ3n) is 5.77. The highest BCUT2D eigenvalue weighted by Crippen LogP contribution is 2.36. The SMILES string of the molecule is Cc1nc(C)c(-c2ccc(=O)n(CC3(F)CCN(c4ncnc5ncccc45)C(F)C3)n2)s1. The van der Waals surface area contributed by atoms with Crippen LogP contribution in [0.1, 0.15) is 23.5 Å². The van der Waals surface area contributed by atoms with Gasteiger partial charge in [-0.1, -0.05) is 0 Å². The largest absolute Gasteiger partial charge is 0.326 e. The second-order valence-corrected chi connectivity index (χ2v) is 9.37. The summed E-state index contributed by atoms with van der Waals surface area (Å²) in [5.41, 5.74) is -0.553. The zero-order chi connectivity index (χ0) is 23.2. The number of anilines is 1. The smallest absolute Gasteiger partial charge is 0.266 e. The molecule has 1 saturated heterocycles. The Hall–Kier alpha value is -3.34. The number of piperidine rings is 1. The summed E-state index contributed by atoms with van der Waals surface area (Å²) < 4.78 is 32.1. The molecule has 0 spiro atoms. The number of aromatic nitrogens is 6. The van der Waals surface area contributed by atoms with Crippen LogP contribution in [0.5, 0.6) is 0 Å². The lowest BCUT2D eigenvalue weighted by atomic mass is 9.92. The Bertz CT molecular complexity index is 1390. The lowest BCUT2D eigenvalue weighted by Gasteiger charge is -2.39. The molecule has 0 aromatic carbocycles. The van der Waals surface area contributed by atoms with Gasteiger partial charge in [0, 0.05) is 31.6 Å². The van der Waals surface area contributed by atoms with Crippen LogP contribution in [0, 0.1) is 13.8 Å². The summed E-state index contributed by atoms with van der Waals surface area (Å²) in [6.45, 7) is 3.53. The number of pyridine rings is 1. The predicted octanol–water partition coefficient (Wildman–Crippen LogP) is 3.63. The van der Waals surface area contributed by atoms with Crippen molar-refractivity contribution in [1.29, 1.82) is 0 Å². The zero-order valence-corrected chi connectivity index (χ0v) is 18.9. The molecular weight excluding hydrogens is 448 g/mol. The minimum atomic E-state index is -1.93. The molecule has 5 heterocycles. The molecule has 4 aromatic heterocycles. The van der Waals surface area contributed by atoms with Crippen LogP contribution in [-0.2, 0) is 6.54 Å². The van der Waals surface area contributed by atoms with Gasteiger partial charge in [-0.25, -0.2) is 33.4 Å². The maximum Gasteiger partial charge on any atom is 0.266 e. The molecular formula is C22H21F2N7OS. The van der Waals surface area contributed by atoms with E-state index in [9.17, 15) is 4.79 Å². The van der Waals surface area contributed by atoms with Gasteiger partial charge in [0.05, 0.1) is 27.5 Å². The number of thiazole rings is 1. The first kappa shape index (κ1) is 21.5. The summed E-state index contributed by atoms with van der Waals surface area (Å²) in [4.78, 5) is 31.6. The molecule has 1 aliphatic rings. The predicted molar refractivity (Wildman–Crippen MR) is 122 cm³/mol. The molecule has 11 heteroatoms. The van der Waals surface area contributed by atoms with E-state index in [0.29, 0.717) is 22.5 Å². The Labute approximate surface area is 192 Å². The number of nitrogens with zero attached hydrogens (tertiary/aromatic N) is 7. The van der Waals surface area contributed by atoms with Crippen molar-refractivity contribution in [2.75, 3.05) is 11.4 Å². The van der Waals surface area contributed by atoms with Gasteiger partial charge in [0.2, 0.25) is 0 Å². The second kappa shape index (κ2) is 8.22. The third-order valence-corrected chi connectivity index (χ3v) is 6.86. The second-order valence-electron chi connectivity index (χ2n) is 8.17. The van der Waals surface area contributed by atoms with Crippen molar-refractivity contribution in [3.63, 3.8) is 0 Å². The Morgan fingerprint density at radius 3 is 2.82 bits per heavy atom. The van der Waals surface area contributed by atoms with Crippen LogP contribution >= 0.6 is 11.3 Å². The van der Waals surface area contributed by atoms with Crippen LogP contribution in [0.15, 0.2) is 41.6 Å². The highest BCUT2D eigenvalue weighted by atomic mass is 32.1. The van der Waals surface area contributed by atoms with Gasteiger partial charge in [0.15, 0.2) is 11.9 Å². The maximum absolute atomic E-state index is 15.8. The fourth-order valence-electron chi connectivity index (χ4n) is 4.19. The normalized spacial score (nSPS) is 21.0. The molecule has 0 aliphatic carbocycles. The van der Waals surface area contributed by atoms with Crippen LogP contribution in [0.25, 0.3) is 21.6 Å². The van der Waals surface area contributed by atoms with Crippen molar-refractivity contribution in [2.24, 2.45) is 0 Å². The van der Waals surface area contributed by atoms with Crippen molar-refractivity contribution >= 4 is 28.2 Å². The van der Waals surface area contributed by atoms with Crippen molar-refractivity contribution < 1.29 is 8.78 Å². The molecule has 2 unspecified atom stereocenters. The van der Waals surface area contributed by atoms with E-state index in [1.54, 1.807) is 24.4 Å². The van der Waals surface area contributed by atoms with Crippen molar-refractivity contribution in [1.82, 2.24) is 29.7 Å². The van der Waals surface area contributed by atoms with Gasteiger partial charge in [-0.05, 0) is 32.0 Å². The first-order chi connectivity index (χ1) is 15.8. The number of aryl methyl sites for hydroxylation is 2. The standard InChI is InChI=1S/C22H21F2N7OS/c1-13-19(33-14(2)28-13)16-5-6-18(32)31(29-16)11-22(24)7-9-30(17(23)10-22)21-15-4-3-8-25-20(15)26-12-27-21/h3-6,8,12,17H,7,9-11H2,1-2H3. The first-order valence-corrected chi connectivity index (χ1v) is 11.3. The fraction of sp³-hybridized carbons (Fsp3) is 0.364. The molecule has 1 fully saturated rings. The molecule has 0 bridgehead atoms. The Kier molecular flexibility index (Phi) is 5.35. The lowest BCUT2D eigenvalue weighted by molar-refractivity contribution is 0.0480. The highest BCUT2D eigenvalue weighted by Gasteiger charge is 2.42. The first-order valence-electron chi connectivity index (χ1n) is 10.5. The summed E-state index contributed by atoms with van der Waals surface area (Å²) in [6.07, 6.45) is 0.925. The lowest BCUT2D eigenvalue weighted by Crippen LogP contribution is -2.50. The molecule has 0 N–H and O–H groups in total. The van der Waals surface area contributed by atoms with Crippen LogP contribution in [0.4, 0.5) is 14.6 Å². The number of hydrogen-bond acceptors (Lipinski definition) is 8. The Morgan fingerprint density at radius 1 is 1.21 bits per heavy atom. The van der Waals surface area contributed by atoms with Gasteiger partial charge in [0.25, 0.3) is 5.56 Å². The van der Waals surface area contributed by atoms with Crippen molar-refractivity contribution in [3.8, 4) is 10.6 Å². The van der Waals surface area contributed by atoms with E-state index < -0.39 is 23.9 Å². The molecule has 33 heavy (non-hydrogen) atoms. The van der Waals surface area contributed by atoms with Gasteiger partial charge in [0.1, 0.15) is 23.5 Å². The van der Waals surface area contributed by atoms with E-state index in [2.05, 4.69) is 25.0 Å². The van der Waals surface area contributed by atoms with Crippen molar-refractivity contribution in [2.45, 2.75) is 45.2 Å². The van der Waals surface area contributed by atoms with Gasteiger partial charge >= 0.3 is 0 Å². The average Bonchev–Trinajstić information content (AvgIpc) is 3.13. The minimum absolute atomic E-state index is 0.0240. The quantitative estimate of drug-likeness (QED) is 0.422. The highest BCUT2D eigenvalue weighted by molar-refractivity contribution is 7.15. The summed E-state index contributed by atoms with van der Waals surface area (Å²) in [5.74, 6) is 0.385. The van der Waals surface area contributed by atoms with Crippen LogP contribution in [-0.4, -0.2) is 48.2 Å². The van der Waals surface area contributed by atoms with Crippen molar-refractivity contribution in [3.05, 3.63) is 57.8 Å². The van der Waals surface area contributed by atoms with Gasteiger partial charge in [-0.15, -0.1) is 11.3 Å². The van der Waals surface area contributed by atoms with E-state index >= 15 is 8.78 Å². The van der Waals surface area contributed by atoms with Crippen LogP contribution < -0.4 is 10.5 Å². The van der Waals surface area contributed by atoms with Crippen LogP contribution in [0.2, 0.25) is 0 Å². The number of alkyl halides is 2. The molecule has 4 aromatic rings. The molecule has 0 saturated carbocycles. The maximum atomic E-state index is 15.8. The van der Waals surface area contributed by atoms with Gasteiger partial charge in [-0.2, -0.15) is 5.10 Å². The molecule has 170 valence electrons. The molecule has 8 nitrogen and oxygen atoms in total. The average molecular weight is 470 g/mol. The molecule has 0 radical (unpaired) electrons. The molecule has 0 amide bonds. The number of hydrogen-bond donors (Lipinski definition) is 0. The monoisotopic (exact) mass is 469 g/mol. The molecule has 5 rings (SSSR count). The van der Waals surface area contributed by atoms with E-state index in [0.717, 1.165) is 20.3 Å². The van der Waals surface area contributed by atoms with E-state index in [-0.39, 0.29) is 19.5 Å². The minimum Gasteiger partial charge on any atom is -0.326 e. The Balaban J connectivity index is 1.39. The van der Waals surface area contributed by atoms with Gasteiger partial charge < -0.3 is 4.90 Å². The summed E-state index contributed by atoms with van der Waals surface area (Å²) in [5, 5.41) is 5.85. The number of rotatable bonds is 4. The molecule has 2 atom stereocenters. The van der Waals surface area contributed by atoms with Gasteiger partial charge in [-0.3, -0.25) is 4.79 Å². The summed E-state index contributed by atoms with van der Waals surface area (Å²) in [6, 6.07) is 6.46. The number of fused-ring (bicyclic) bond motifs is 1. The number of halogens is 2. The fourth-order valence-corrected chi connectivity index (χ4v) is 5.07. The summed E-state index contributed by atoms with van der Waals surface area (Å²) >= 11 is 1.46. The topological polar surface area (TPSA) is 89.7 Å². The molecule has 1 aliphatic heterocycles. The van der Waals surface area contributed by atoms with Crippen LogP contribution in [0.3, 0.4) is 0 Å². The summed E-state index contributed by atoms with van der Waals surface area (Å²) in [7, 11) is 0. The third kappa shape index (κ3) is 4.08. The van der Waals surface area contributed by atoms with E-state index in [1.807, 2.05) is 13.8 Å². The van der Waals surface area contributed by atoms with E-state index in [4.69, 9.17) is 0 Å².